The van der Waals surface area contributed by atoms with Crippen LogP contribution in [0.2, 0.25) is 4.34 Å². The summed E-state index contributed by atoms with van der Waals surface area (Å²) in [6.07, 6.45) is 13.0. The number of carbonyl (C=O) groups is 1. The number of carbonyl (C=O) groups excluding carboxylic acids is 1. The largest absolute Gasteiger partial charge is 0.487 e. The van der Waals surface area contributed by atoms with E-state index in [9.17, 15) is 9.59 Å². The van der Waals surface area contributed by atoms with Gasteiger partial charge < -0.3 is 19.9 Å². The van der Waals surface area contributed by atoms with Crippen molar-refractivity contribution in [3.63, 3.8) is 0 Å². The van der Waals surface area contributed by atoms with Crippen molar-refractivity contribution in [1.29, 1.82) is 0 Å². The number of amides is 1. The molecule has 1 amide bonds. The smallest absolute Gasteiger partial charge is 0.261 e. The quantitative estimate of drug-likeness (QED) is 0.245. The molecule has 0 radical (unpaired) electrons. The molecule has 10 nitrogen and oxygen atoms in total. The van der Waals surface area contributed by atoms with Crippen LogP contribution in [0, 0.1) is 0 Å². The molecule has 0 fully saturated rings. The van der Waals surface area contributed by atoms with E-state index < -0.39 is 0 Å². The molecular formula is C30H24ClN7O3S. The van der Waals surface area contributed by atoms with Gasteiger partial charge in [0.1, 0.15) is 23.7 Å². The molecule has 2 N–H and O–H groups in total. The molecule has 0 saturated heterocycles. The molecule has 12 heteroatoms. The Bertz CT molecular complexity index is 1840. The summed E-state index contributed by atoms with van der Waals surface area (Å²) in [6.45, 7) is 1.18. The number of ether oxygens (including phenoxy) is 1. The van der Waals surface area contributed by atoms with Crippen LogP contribution in [0.3, 0.4) is 0 Å². The number of nitrogens with zero attached hydrogens (tertiary/aromatic N) is 5. The number of aromatic nitrogens is 5. The SMILES string of the molecule is O=C(NCc1cn(-c2ccc(-c3ccc[nH]c3=O)cc2OCC2=CN(c3cccnc3)CC=C2)nn1)c1ccc(Cl)s1. The summed E-state index contributed by atoms with van der Waals surface area (Å²) in [4.78, 5) is 34.5. The Hall–Kier alpha value is -5.00. The van der Waals surface area contributed by atoms with Gasteiger partial charge in [0.05, 0.1) is 33.8 Å². The summed E-state index contributed by atoms with van der Waals surface area (Å²) in [5.41, 5.74) is 4.14. The van der Waals surface area contributed by atoms with E-state index in [4.69, 9.17) is 16.3 Å². The number of halogens is 1. The first-order chi connectivity index (χ1) is 20.5. The zero-order valence-corrected chi connectivity index (χ0v) is 23.7. The van der Waals surface area contributed by atoms with Gasteiger partial charge in [0, 0.05) is 36.3 Å². The lowest BCUT2D eigenvalue weighted by molar-refractivity contribution is 0.0954. The Labute approximate surface area is 249 Å². The number of pyridine rings is 2. The van der Waals surface area contributed by atoms with E-state index >= 15 is 0 Å². The van der Waals surface area contributed by atoms with Crippen LogP contribution in [-0.4, -0.2) is 44.0 Å². The van der Waals surface area contributed by atoms with Gasteiger partial charge in [-0.3, -0.25) is 14.6 Å². The number of H-pyrrole nitrogens is 1. The van der Waals surface area contributed by atoms with Gasteiger partial charge in [-0.2, -0.15) is 0 Å². The Balaban J connectivity index is 1.25. The Kier molecular flexibility index (Phi) is 7.93. The van der Waals surface area contributed by atoms with E-state index in [0.717, 1.165) is 17.8 Å². The van der Waals surface area contributed by atoms with Crippen molar-refractivity contribution in [3.8, 4) is 22.6 Å². The fraction of sp³-hybridized carbons (Fsp3) is 0.100. The third-order valence-corrected chi connectivity index (χ3v) is 7.66. The second-order valence-electron chi connectivity index (χ2n) is 9.29. The van der Waals surface area contributed by atoms with Crippen LogP contribution in [0.15, 0.2) is 108 Å². The van der Waals surface area contributed by atoms with Gasteiger partial charge in [0.2, 0.25) is 0 Å². The molecule has 0 spiro atoms. The molecule has 1 aromatic carbocycles. The molecule has 1 aliphatic rings. The number of benzene rings is 1. The van der Waals surface area contributed by atoms with E-state index in [0.29, 0.717) is 37.5 Å². The summed E-state index contributed by atoms with van der Waals surface area (Å²) in [6, 6.07) is 16.3. The van der Waals surface area contributed by atoms with Gasteiger partial charge in [0.15, 0.2) is 0 Å². The second kappa shape index (κ2) is 12.2. The van der Waals surface area contributed by atoms with Crippen LogP contribution in [0.4, 0.5) is 5.69 Å². The molecule has 4 aromatic heterocycles. The molecular weight excluding hydrogens is 574 g/mol. The van der Waals surface area contributed by atoms with Crippen molar-refractivity contribution < 1.29 is 9.53 Å². The lowest BCUT2D eigenvalue weighted by Gasteiger charge is -2.23. The number of thiophene rings is 1. The molecule has 5 heterocycles. The van der Waals surface area contributed by atoms with Crippen LogP contribution < -0.4 is 20.5 Å². The number of anilines is 1. The molecule has 210 valence electrons. The zero-order valence-electron chi connectivity index (χ0n) is 22.1. The average Bonchev–Trinajstić information content (AvgIpc) is 3.69. The Morgan fingerprint density at radius 2 is 2.10 bits per heavy atom. The molecule has 0 aliphatic carbocycles. The highest BCUT2D eigenvalue weighted by Gasteiger charge is 2.15. The van der Waals surface area contributed by atoms with E-state index in [-0.39, 0.29) is 24.6 Å². The second-order valence-corrected chi connectivity index (χ2v) is 11.0. The van der Waals surface area contributed by atoms with Crippen molar-refractivity contribution in [2.75, 3.05) is 18.1 Å². The molecule has 0 saturated carbocycles. The van der Waals surface area contributed by atoms with Crippen LogP contribution in [-0.2, 0) is 6.54 Å². The highest BCUT2D eigenvalue weighted by molar-refractivity contribution is 7.18. The number of rotatable bonds is 9. The van der Waals surface area contributed by atoms with Crippen molar-refractivity contribution in [1.82, 2.24) is 30.3 Å². The van der Waals surface area contributed by atoms with Crippen LogP contribution >= 0.6 is 22.9 Å². The van der Waals surface area contributed by atoms with Gasteiger partial charge in [-0.05, 0) is 54.1 Å². The molecule has 5 aromatic rings. The first-order valence-corrected chi connectivity index (χ1v) is 14.2. The molecule has 0 bridgehead atoms. The van der Waals surface area contributed by atoms with E-state index in [1.54, 1.807) is 47.5 Å². The third kappa shape index (κ3) is 6.17. The van der Waals surface area contributed by atoms with Crippen LogP contribution in [0.25, 0.3) is 16.8 Å². The summed E-state index contributed by atoms with van der Waals surface area (Å²) >= 11 is 7.15. The Morgan fingerprint density at radius 1 is 1.17 bits per heavy atom. The minimum Gasteiger partial charge on any atom is -0.487 e. The van der Waals surface area contributed by atoms with Crippen LogP contribution in [0.1, 0.15) is 15.4 Å². The highest BCUT2D eigenvalue weighted by Crippen LogP contribution is 2.29. The minimum atomic E-state index is -0.239. The molecule has 0 unspecified atom stereocenters. The van der Waals surface area contributed by atoms with E-state index in [1.807, 2.05) is 48.8 Å². The molecule has 1 aliphatic heterocycles. The fourth-order valence-corrected chi connectivity index (χ4v) is 5.35. The summed E-state index contributed by atoms with van der Waals surface area (Å²) in [5.74, 6) is 0.273. The van der Waals surface area contributed by atoms with Crippen molar-refractivity contribution in [2.24, 2.45) is 0 Å². The molecule has 0 atom stereocenters. The molecule has 6 rings (SSSR count). The standard InChI is InChI=1S/C30H24ClN7O3S/c31-28-10-9-27(42-28)30(40)34-15-22-18-38(36-35-22)25-8-7-21(24-6-2-12-33-29(24)39)14-26(25)41-19-20-4-3-13-37(17-20)23-5-1-11-32-16-23/h1-12,14,16-18H,13,15,19H2,(H,33,39)(H,34,40). The van der Waals surface area contributed by atoms with Crippen molar-refractivity contribution in [3.05, 3.63) is 129 Å². The Morgan fingerprint density at radius 3 is 2.90 bits per heavy atom. The summed E-state index contributed by atoms with van der Waals surface area (Å²) in [5, 5.41) is 11.3. The third-order valence-electron chi connectivity index (χ3n) is 6.43. The lowest BCUT2D eigenvalue weighted by Crippen LogP contribution is -2.21. The monoisotopic (exact) mass is 597 g/mol. The first kappa shape index (κ1) is 27.2. The lowest BCUT2D eigenvalue weighted by atomic mass is 10.1. The average molecular weight is 598 g/mol. The number of nitrogens with one attached hydrogen (secondary N) is 2. The fourth-order valence-electron chi connectivity index (χ4n) is 4.39. The maximum atomic E-state index is 12.5. The van der Waals surface area contributed by atoms with Crippen molar-refractivity contribution in [2.45, 2.75) is 6.54 Å². The number of hydrogen-bond donors (Lipinski definition) is 2. The summed E-state index contributed by atoms with van der Waals surface area (Å²) < 4.78 is 8.47. The van der Waals surface area contributed by atoms with Gasteiger partial charge in [-0.15, -0.1) is 16.4 Å². The molecule has 42 heavy (non-hydrogen) atoms. The predicted octanol–water partition coefficient (Wildman–Crippen LogP) is 5.00. The van der Waals surface area contributed by atoms with Gasteiger partial charge in [-0.25, -0.2) is 4.68 Å². The van der Waals surface area contributed by atoms with Gasteiger partial charge in [0.25, 0.3) is 11.5 Å². The number of aromatic amines is 1. The maximum absolute atomic E-state index is 12.5. The normalized spacial score (nSPS) is 12.7. The van der Waals surface area contributed by atoms with Gasteiger partial charge in [-0.1, -0.05) is 35.0 Å². The first-order valence-electron chi connectivity index (χ1n) is 13.0. The van der Waals surface area contributed by atoms with E-state index in [2.05, 4.69) is 36.6 Å². The zero-order chi connectivity index (χ0) is 28.9. The van der Waals surface area contributed by atoms with Crippen molar-refractivity contribution >= 4 is 34.5 Å². The van der Waals surface area contributed by atoms with Gasteiger partial charge >= 0.3 is 0 Å². The maximum Gasteiger partial charge on any atom is 0.261 e. The van der Waals surface area contributed by atoms with E-state index in [1.165, 1.54) is 11.3 Å². The highest BCUT2D eigenvalue weighted by atomic mass is 35.5. The number of hydrogen-bond acceptors (Lipinski definition) is 8. The summed E-state index contributed by atoms with van der Waals surface area (Å²) in [7, 11) is 0. The van der Waals surface area contributed by atoms with Crippen LogP contribution in [0.5, 0.6) is 5.75 Å². The topological polar surface area (TPSA) is 118 Å². The predicted molar refractivity (Wildman–Crippen MR) is 162 cm³/mol. The minimum absolute atomic E-state index is 0.184.